The highest BCUT2D eigenvalue weighted by Crippen LogP contribution is 2.53. The summed E-state index contributed by atoms with van der Waals surface area (Å²) in [6.07, 6.45) is 0.411. The number of hydrogen-bond donors (Lipinski definition) is 1. The van der Waals surface area contributed by atoms with E-state index in [1.807, 2.05) is 0 Å². The molecule has 3 aliphatic heterocycles. The van der Waals surface area contributed by atoms with Gasteiger partial charge >= 0.3 is 0 Å². The molecule has 3 heterocycles. The summed E-state index contributed by atoms with van der Waals surface area (Å²) in [7, 11) is 3.13. The van der Waals surface area contributed by atoms with Crippen LogP contribution >= 0.6 is 0 Å². The van der Waals surface area contributed by atoms with Crippen LogP contribution in [-0.4, -0.2) is 68.1 Å². The maximum Gasteiger partial charge on any atom is 0.296 e. The summed E-state index contributed by atoms with van der Waals surface area (Å²) in [6.45, 7) is 1.19. The lowest BCUT2D eigenvalue weighted by molar-refractivity contribution is -0.143. The predicted molar refractivity (Wildman–Crippen MR) is 122 cm³/mol. The van der Waals surface area contributed by atoms with E-state index in [0.717, 1.165) is 0 Å². The van der Waals surface area contributed by atoms with Crippen LogP contribution in [0.25, 0.3) is 5.76 Å². The van der Waals surface area contributed by atoms with Crippen molar-refractivity contribution in [2.45, 2.75) is 12.0 Å². The summed E-state index contributed by atoms with van der Waals surface area (Å²) in [5, 5.41) is 11.4. The fraction of sp³-hybridized carbons (Fsp3) is 0.320. The van der Waals surface area contributed by atoms with Crippen LogP contribution in [-0.2, 0) is 24.7 Å². The van der Waals surface area contributed by atoms with E-state index < -0.39 is 28.9 Å². The van der Waals surface area contributed by atoms with Gasteiger partial charge in [-0.15, -0.1) is 0 Å². The summed E-state index contributed by atoms with van der Waals surface area (Å²) < 4.78 is 16.3. The van der Waals surface area contributed by atoms with Crippen molar-refractivity contribution >= 4 is 29.0 Å². The van der Waals surface area contributed by atoms with Gasteiger partial charge in [0.2, 0.25) is 0 Å². The number of ether oxygens (including phenoxy) is 3. The van der Waals surface area contributed by atoms with E-state index in [0.29, 0.717) is 49.0 Å². The van der Waals surface area contributed by atoms with Gasteiger partial charge in [-0.1, -0.05) is 18.2 Å². The third-order valence-electron chi connectivity index (χ3n) is 6.49. The highest BCUT2D eigenvalue weighted by molar-refractivity contribution is 6.50. The van der Waals surface area contributed by atoms with Crippen molar-refractivity contribution in [1.82, 2.24) is 4.90 Å². The molecule has 5 rings (SSSR count). The van der Waals surface area contributed by atoms with Gasteiger partial charge in [0.15, 0.2) is 17.0 Å². The second kappa shape index (κ2) is 8.18. The molecular weight excluding hydrogens is 440 g/mol. The lowest BCUT2D eigenvalue weighted by Gasteiger charge is -2.34. The molecule has 1 N–H and O–H groups in total. The number of fused-ring (bicyclic) bond motifs is 3. The fourth-order valence-electron chi connectivity index (χ4n) is 4.97. The number of aliphatic hydroxyl groups excluding tert-OH is 1. The van der Waals surface area contributed by atoms with Crippen LogP contribution in [0.3, 0.4) is 0 Å². The quantitative estimate of drug-likeness (QED) is 0.312. The Kier molecular flexibility index (Phi) is 5.28. The van der Waals surface area contributed by atoms with Crippen LogP contribution in [0.5, 0.6) is 11.5 Å². The maximum atomic E-state index is 13.9. The number of anilines is 1. The number of likely N-dealkylation sites (tertiary alicyclic amines) is 1. The topological polar surface area (TPSA) is 106 Å². The Hall–Kier alpha value is -3.85. The molecule has 2 aromatic rings. The van der Waals surface area contributed by atoms with Gasteiger partial charge in [0.1, 0.15) is 19.0 Å². The molecule has 1 unspecified atom stereocenters. The molecule has 2 aromatic carbocycles. The zero-order valence-electron chi connectivity index (χ0n) is 18.9. The first-order valence-electron chi connectivity index (χ1n) is 11.0. The number of aliphatic hydroxyl groups is 1. The number of amides is 2. The van der Waals surface area contributed by atoms with Crippen LogP contribution in [0.15, 0.2) is 48.0 Å². The van der Waals surface area contributed by atoms with E-state index in [9.17, 15) is 19.5 Å². The Morgan fingerprint density at radius 3 is 2.59 bits per heavy atom. The van der Waals surface area contributed by atoms with Crippen molar-refractivity contribution in [3.05, 3.63) is 59.2 Å². The van der Waals surface area contributed by atoms with E-state index in [2.05, 4.69) is 0 Å². The fourth-order valence-corrected chi connectivity index (χ4v) is 4.97. The van der Waals surface area contributed by atoms with Crippen LogP contribution < -0.4 is 14.4 Å². The molecule has 1 saturated heterocycles. The third kappa shape index (κ3) is 2.93. The molecule has 0 bridgehead atoms. The molecule has 3 aliphatic rings. The summed E-state index contributed by atoms with van der Waals surface area (Å²) >= 11 is 0. The Morgan fingerprint density at radius 1 is 1.09 bits per heavy atom. The SMILES string of the molecule is COCCCN1C(=O)C(=O)/C(=C(/O)c2ccc3c(c2)OCCO3)C12C(=O)N(C)c1ccccc12. The van der Waals surface area contributed by atoms with Gasteiger partial charge in [0.05, 0.1) is 5.57 Å². The summed E-state index contributed by atoms with van der Waals surface area (Å²) in [5.74, 6) is -1.75. The highest BCUT2D eigenvalue weighted by Gasteiger charge is 2.66. The van der Waals surface area contributed by atoms with Crippen LogP contribution in [0, 0.1) is 0 Å². The lowest BCUT2D eigenvalue weighted by atomic mass is 9.82. The number of benzene rings is 2. The minimum absolute atomic E-state index is 0.101. The Balaban J connectivity index is 1.75. The number of para-hydroxylation sites is 1. The van der Waals surface area contributed by atoms with Gasteiger partial charge in [-0.25, -0.2) is 0 Å². The molecule has 34 heavy (non-hydrogen) atoms. The predicted octanol–water partition coefficient (Wildman–Crippen LogP) is 2.05. The molecule has 9 nitrogen and oxygen atoms in total. The van der Waals surface area contributed by atoms with Crippen molar-refractivity contribution in [2.75, 3.05) is 45.4 Å². The van der Waals surface area contributed by atoms with Gasteiger partial charge in [-0.3, -0.25) is 14.4 Å². The van der Waals surface area contributed by atoms with E-state index in [1.165, 1.54) is 16.9 Å². The largest absolute Gasteiger partial charge is 0.507 e. The number of nitrogens with zero attached hydrogens (tertiary/aromatic N) is 2. The molecule has 0 saturated carbocycles. The van der Waals surface area contributed by atoms with Crippen molar-refractivity contribution in [3.63, 3.8) is 0 Å². The maximum absolute atomic E-state index is 13.9. The first-order valence-corrected chi connectivity index (χ1v) is 11.0. The average Bonchev–Trinajstić information content (AvgIpc) is 3.22. The lowest BCUT2D eigenvalue weighted by Crippen LogP contribution is -2.51. The first-order chi connectivity index (χ1) is 16.4. The van der Waals surface area contributed by atoms with E-state index in [4.69, 9.17) is 14.2 Å². The highest BCUT2D eigenvalue weighted by atomic mass is 16.6. The van der Waals surface area contributed by atoms with Crippen LogP contribution in [0.1, 0.15) is 17.5 Å². The number of likely N-dealkylation sites (N-methyl/N-ethyl adjacent to an activating group) is 1. The number of hydrogen-bond acceptors (Lipinski definition) is 7. The van der Waals surface area contributed by atoms with Gasteiger partial charge in [-0.2, -0.15) is 0 Å². The summed E-state index contributed by atoms with van der Waals surface area (Å²) in [6, 6.07) is 11.7. The monoisotopic (exact) mass is 464 g/mol. The number of rotatable bonds is 5. The molecule has 1 fully saturated rings. The molecule has 2 amide bonds. The second-order valence-corrected chi connectivity index (χ2v) is 8.31. The van der Waals surface area contributed by atoms with E-state index in [1.54, 1.807) is 49.5 Å². The molecule has 176 valence electrons. The van der Waals surface area contributed by atoms with Crippen molar-refractivity contribution < 1.29 is 33.7 Å². The Morgan fingerprint density at radius 2 is 1.82 bits per heavy atom. The number of carbonyl (C=O) groups excluding carboxylic acids is 3. The van der Waals surface area contributed by atoms with Gasteiger partial charge in [0.25, 0.3) is 17.6 Å². The Labute approximate surface area is 196 Å². The summed E-state index contributed by atoms with van der Waals surface area (Å²) in [4.78, 5) is 43.2. The zero-order valence-corrected chi connectivity index (χ0v) is 18.9. The molecule has 9 heteroatoms. The smallest absolute Gasteiger partial charge is 0.296 e. The van der Waals surface area contributed by atoms with Gasteiger partial charge < -0.3 is 29.1 Å². The minimum Gasteiger partial charge on any atom is -0.507 e. The normalized spacial score (nSPS) is 22.6. The third-order valence-corrected chi connectivity index (χ3v) is 6.49. The van der Waals surface area contributed by atoms with Crippen molar-refractivity contribution in [2.24, 2.45) is 0 Å². The average molecular weight is 464 g/mol. The van der Waals surface area contributed by atoms with E-state index >= 15 is 0 Å². The standard InChI is InChI=1S/C25H24N2O7/c1-26-17-7-4-3-6-16(17)25(24(26)31)20(22(29)23(30)27(25)10-5-11-32-2)21(28)15-8-9-18-19(14-15)34-13-12-33-18/h3-4,6-9,14,28H,5,10-13H2,1-2H3/b21-20-. The molecule has 1 spiro atoms. The van der Waals surface area contributed by atoms with Crippen molar-refractivity contribution in [3.8, 4) is 11.5 Å². The molecule has 0 radical (unpaired) electrons. The second-order valence-electron chi connectivity index (χ2n) is 8.31. The molecular formula is C25H24N2O7. The number of ketones is 1. The molecule has 1 atom stereocenters. The Bertz CT molecular complexity index is 1240. The number of carbonyl (C=O) groups is 3. The summed E-state index contributed by atoms with van der Waals surface area (Å²) in [5.41, 5.74) is -0.742. The number of methoxy groups -OCH3 is 1. The molecule has 0 aromatic heterocycles. The zero-order chi connectivity index (χ0) is 24.0. The number of Topliss-reactive ketones (excluding diaryl/α,β-unsaturated/α-hetero) is 1. The van der Waals surface area contributed by atoms with E-state index in [-0.39, 0.29) is 17.7 Å². The van der Waals surface area contributed by atoms with Crippen LogP contribution in [0.2, 0.25) is 0 Å². The van der Waals surface area contributed by atoms with Gasteiger partial charge in [0, 0.05) is 44.1 Å². The van der Waals surface area contributed by atoms with Crippen molar-refractivity contribution in [1.29, 1.82) is 0 Å². The molecule has 0 aliphatic carbocycles. The van der Waals surface area contributed by atoms with Crippen LogP contribution in [0.4, 0.5) is 5.69 Å². The first kappa shape index (κ1) is 22.0. The minimum atomic E-state index is -1.77. The van der Waals surface area contributed by atoms with Gasteiger partial charge in [-0.05, 0) is 30.7 Å².